The number of amides is 2. The van der Waals surface area contributed by atoms with E-state index in [1.54, 1.807) is 0 Å². The minimum absolute atomic E-state index is 0.131. The number of hydrogen-bond donors (Lipinski definition) is 3. The smallest absolute Gasteiger partial charge is 0.414 e. The van der Waals surface area contributed by atoms with Gasteiger partial charge >= 0.3 is 6.09 Å². The number of likely N-dealkylation sites (tertiary alicyclic amines) is 1. The largest absolute Gasteiger partial charge is 0.444 e. The van der Waals surface area contributed by atoms with Gasteiger partial charge in [-0.25, -0.2) is 4.79 Å². The van der Waals surface area contributed by atoms with Gasteiger partial charge in [0.05, 0.1) is 11.6 Å². The van der Waals surface area contributed by atoms with Gasteiger partial charge in [-0.3, -0.25) is 4.79 Å². The van der Waals surface area contributed by atoms with Crippen molar-refractivity contribution < 1.29 is 23.8 Å². The van der Waals surface area contributed by atoms with Crippen molar-refractivity contribution in [3.8, 4) is 11.9 Å². The van der Waals surface area contributed by atoms with Gasteiger partial charge in [0.1, 0.15) is 12.1 Å². The number of aliphatic hydroxyl groups excluding tert-OH is 1. The molecule has 0 unspecified atom stereocenters. The maximum atomic E-state index is 12.7. The van der Waals surface area contributed by atoms with Crippen LogP contribution < -0.4 is 10.1 Å². The summed E-state index contributed by atoms with van der Waals surface area (Å²) in [7, 11) is 0. The molecule has 4 rings (SSSR count). The molecule has 1 atom stereocenters. The molecule has 1 aliphatic rings. The summed E-state index contributed by atoms with van der Waals surface area (Å²) in [4.78, 5) is 29.4. The Morgan fingerprint density at radius 1 is 1.34 bits per heavy atom. The van der Waals surface area contributed by atoms with E-state index in [1.165, 1.54) is 17.0 Å². The summed E-state index contributed by atoms with van der Waals surface area (Å²) in [5.74, 6) is -0.00598. The second-order valence-corrected chi connectivity index (χ2v) is 6.81. The Morgan fingerprint density at radius 3 is 2.76 bits per heavy atom. The van der Waals surface area contributed by atoms with Crippen LogP contribution in [0.2, 0.25) is 0 Å². The lowest BCUT2D eigenvalue weighted by Gasteiger charge is -2.38. The van der Waals surface area contributed by atoms with Crippen molar-refractivity contribution in [2.75, 3.05) is 13.1 Å². The number of carbonyl (C=O) groups is 2. The van der Waals surface area contributed by atoms with Crippen LogP contribution in [0, 0.1) is 11.3 Å². The standard InChI is InChI=1S/C20H18N4O5/c21-9-14-7-15-17(28-14)8-18(22-15)29-20(27)23-16(6-12-4-2-1-3-5-12)19(26)24-10-13(25)11-24/h1-5,7-8,13,16,22,25H,6,10-11H2,(H,23,27)/t16-/m0/s1. The van der Waals surface area contributed by atoms with Crippen molar-refractivity contribution in [2.24, 2.45) is 0 Å². The lowest BCUT2D eigenvalue weighted by molar-refractivity contribution is -0.143. The van der Waals surface area contributed by atoms with E-state index in [4.69, 9.17) is 14.4 Å². The maximum absolute atomic E-state index is 12.7. The monoisotopic (exact) mass is 394 g/mol. The van der Waals surface area contributed by atoms with Crippen LogP contribution in [0.1, 0.15) is 11.3 Å². The van der Waals surface area contributed by atoms with Gasteiger partial charge in [0.2, 0.25) is 17.5 Å². The second-order valence-electron chi connectivity index (χ2n) is 6.81. The van der Waals surface area contributed by atoms with Gasteiger partial charge in [0.25, 0.3) is 0 Å². The van der Waals surface area contributed by atoms with Crippen LogP contribution in [0.5, 0.6) is 5.88 Å². The molecule has 0 bridgehead atoms. The number of benzene rings is 1. The van der Waals surface area contributed by atoms with Gasteiger partial charge in [-0.1, -0.05) is 30.3 Å². The lowest BCUT2D eigenvalue weighted by Crippen LogP contribution is -2.60. The van der Waals surface area contributed by atoms with Crippen LogP contribution in [-0.4, -0.2) is 52.2 Å². The molecule has 0 aliphatic carbocycles. The second kappa shape index (κ2) is 7.69. The molecule has 1 fully saturated rings. The zero-order valence-corrected chi connectivity index (χ0v) is 15.3. The Morgan fingerprint density at radius 2 is 2.10 bits per heavy atom. The molecule has 1 aromatic carbocycles. The Balaban J connectivity index is 1.44. The third-order valence-electron chi connectivity index (χ3n) is 4.64. The molecule has 3 aromatic rings. The zero-order chi connectivity index (χ0) is 20.4. The summed E-state index contributed by atoms with van der Waals surface area (Å²) < 4.78 is 10.5. The van der Waals surface area contributed by atoms with Crippen LogP contribution in [0.3, 0.4) is 0 Å². The summed E-state index contributed by atoms with van der Waals surface area (Å²) in [6.07, 6.45) is -1.04. The number of H-pyrrole nitrogens is 1. The number of ether oxygens (including phenoxy) is 1. The van der Waals surface area contributed by atoms with E-state index in [0.717, 1.165) is 5.56 Å². The van der Waals surface area contributed by atoms with E-state index in [-0.39, 0.29) is 30.6 Å². The van der Waals surface area contributed by atoms with Crippen LogP contribution in [0.25, 0.3) is 11.1 Å². The number of hydrogen-bond acceptors (Lipinski definition) is 6. The molecule has 1 aliphatic heterocycles. The number of aromatic nitrogens is 1. The zero-order valence-electron chi connectivity index (χ0n) is 15.3. The highest BCUT2D eigenvalue weighted by Crippen LogP contribution is 2.23. The first-order valence-electron chi connectivity index (χ1n) is 9.03. The Bertz CT molecular complexity index is 1040. The van der Waals surface area contributed by atoms with Crippen molar-refractivity contribution in [1.29, 1.82) is 5.26 Å². The summed E-state index contributed by atoms with van der Waals surface area (Å²) in [6, 6.07) is 13.3. The topological polar surface area (TPSA) is 132 Å². The van der Waals surface area contributed by atoms with Crippen molar-refractivity contribution in [2.45, 2.75) is 18.6 Å². The van der Waals surface area contributed by atoms with Crippen LogP contribution >= 0.6 is 0 Å². The van der Waals surface area contributed by atoms with Gasteiger partial charge in [-0.15, -0.1) is 0 Å². The SMILES string of the molecule is N#Cc1cc2[nH]c(OC(=O)N[C@@H](Cc3ccccc3)C(=O)N3CC(O)C3)cc2o1. The van der Waals surface area contributed by atoms with Crippen LogP contribution in [0.4, 0.5) is 4.79 Å². The fraction of sp³-hybridized carbons (Fsp3) is 0.250. The fourth-order valence-corrected chi connectivity index (χ4v) is 3.19. The summed E-state index contributed by atoms with van der Waals surface area (Å²) in [6.45, 7) is 0.490. The summed E-state index contributed by atoms with van der Waals surface area (Å²) >= 11 is 0. The number of nitrogens with zero attached hydrogens (tertiary/aromatic N) is 2. The summed E-state index contributed by atoms with van der Waals surface area (Å²) in [5, 5.41) is 20.9. The molecule has 2 amide bonds. The lowest BCUT2D eigenvalue weighted by atomic mass is 10.0. The van der Waals surface area contributed by atoms with E-state index in [0.29, 0.717) is 17.5 Å². The average molecular weight is 394 g/mol. The van der Waals surface area contributed by atoms with E-state index in [9.17, 15) is 14.7 Å². The highest BCUT2D eigenvalue weighted by atomic mass is 16.6. The molecule has 9 nitrogen and oxygen atoms in total. The molecule has 0 saturated carbocycles. The van der Waals surface area contributed by atoms with Gasteiger partial charge in [-0.2, -0.15) is 5.26 Å². The van der Waals surface area contributed by atoms with Crippen molar-refractivity contribution >= 4 is 23.1 Å². The van der Waals surface area contributed by atoms with Gasteiger partial charge in [0, 0.05) is 31.6 Å². The number of furan rings is 1. The van der Waals surface area contributed by atoms with E-state index >= 15 is 0 Å². The first-order valence-corrected chi connectivity index (χ1v) is 9.03. The third-order valence-corrected chi connectivity index (χ3v) is 4.64. The maximum Gasteiger partial charge on any atom is 0.414 e. The quantitative estimate of drug-likeness (QED) is 0.601. The molecule has 3 N–H and O–H groups in total. The highest BCUT2D eigenvalue weighted by molar-refractivity contribution is 5.87. The molecule has 1 saturated heterocycles. The number of aromatic amines is 1. The Kier molecular flexibility index (Phi) is 4.93. The molecule has 0 radical (unpaired) electrons. The number of aliphatic hydroxyl groups is 1. The van der Waals surface area contributed by atoms with Gasteiger partial charge in [-0.05, 0) is 5.56 Å². The van der Waals surface area contributed by atoms with Crippen molar-refractivity contribution in [3.63, 3.8) is 0 Å². The van der Waals surface area contributed by atoms with Crippen molar-refractivity contribution in [1.82, 2.24) is 15.2 Å². The third kappa shape index (κ3) is 4.07. The molecular formula is C20H18N4O5. The molecule has 9 heteroatoms. The van der Waals surface area contributed by atoms with Gasteiger partial charge in [0.15, 0.2) is 5.58 Å². The summed E-state index contributed by atoms with van der Waals surface area (Å²) in [5.41, 5.74) is 1.79. The number of nitrogens with one attached hydrogen (secondary N) is 2. The van der Waals surface area contributed by atoms with E-state index in [2.05, 4.69) is 10.3 Å². The molecule has 0 spiro atoms. The predicted molar refractivity (Wildman–Crippen MR) is 101 cm³/mol. The minimum atomic E-state index is -0.833. The van der Waals surface area contributed by atoms with Gasteiger partial charge < -0.3 is 29.5 Å². The number of rotatable bonds is 5. The molecule has 2 aromatic heterocycles. The first-order chi connectivity index (χ1) is 14.0. The number of nitriles is 1. The Labute approximate surface area is 165 Å². The molecule has 29 heavy (non-hydrogen) atoms. The van der Waals surface area contributed by atoms with Crippen molar-refractivity contribution in [3.05, 3.63) is 53.8 Å². The number of β-amino-alcohol motifs (C(OH)–C–C–N with tert-alkyl or cyclic N) is 1. The predicted octanol–water partition coefficient (Wildman–Crippen LogP) is 1.54. The van der Waals surface area contributed by atoms with Crippen LogP contribution in [-0.2, 0) is 11.2 Å². The number of fused-ring (bicyclic) bond motifs is 1. The molecule has 148 valence electrons. The molecular weight excluding hydrogens is 376 g/mol. The van der Waals surface area contributed by atoms with E-state index < -0.39 is 18.2 Å². The fourth-order valence-electron chi connectivity index (χ4n) is 3.19. The minimum Gasteiger partial charge on any atom is -0.444 e. The van der Waals surface area contributed by atoms with Crippen LogP contribution in [0.15, 0.2) is 46.9 Å². The average Bonchev–Trinajstić information content (AvgIpc) is 3.23. The van der Waals surface area contributed by atoms with E-state index in [1.807, 2.05) is 36.4 Å². The normalized spacial score (nSPS) is 14.8. The highest BCUT2D eigenvalue weighted by Gasteiger charge is 2.34. The Hall–Kier alpha value is -3.77. The number of carbonyl (C=O) groups excluding carboxylic acids is 2. The first kappa shape index (κ1) is 18.6. The molecule has 3 heterocycles.